The fraction of sp³-hybridized carbons (Fsp3) is 0.438. The Hall–Kier alpha value is -1.63. The molecule has 2 N–H and O–H groups in total. The molecule has 0 aliphatic carbocycles. The lowest BCUT2D eigenvalue weighted by Gasteiger charge is -2.37. The Morgan fingerprint density at radius 2 is 2.04 bits per heavy atom. The molecule has 2 aliphatic heterocycles. The Kier molecular flexibility index (Phi) is 4.08. The normalized spacial score (nSPS) is 21.0. The number of carbonyl (C=O) groups is 1. The Balaban J connectivity index is 2.17. The lowest BCUT2D eigenvalue weighted by molar-refractivity contribution is -0.125. The molecule has 1 aromatic carbocycles. The topological polar surface area (TPSA) is 61.8 Å². The minimum absolute atomic E-state index is 0.0734. The van der Waals surface area contributed by atoms with Crippen LogP contribution < -0.4 is 5.32 Å². The first-order valence-corrected chi connectivity index (χ1v) is 7.77. The number of ether oxygens (including phenoxy) is 1. The van der Waals surface area contributed by atoms with Crippen LogP contribution in [0.2, 0.25) is 5.02 Å². The lowest BCUT2D eigenvalue weighted by atomic mass is 9.86. The van der Waals surface area contributed by atoms with Crippen LogP contribution in [0.25, 0.3) is 5.57 Å². The summed E-state index contributed by atoms with van der Waals surface area (Å²) < 4.78 is 20.1. The van der Waals surface area contributed by atoms with E-state index < -0.39 is 17.3 Å². The molecule has 0 radical (unpaired) electrons. The minimum atomic E-state index is -0.722. The molecule has 0 unspecified atom stereocenters. The molecular formula is C16H18ClFN2O3. The highest BCUT2D eigenvalue weighted by atomic mass is 35.5. The number of methoxy groups -OCH3 is 1. The summed E-state index contributed by atoms with van der Waals surface area (Å²) in [6.45, 7) is 2.41. The van der Waals surface area contributed by atoms with Crippen molar-refractivity contribution in [2.24, 2.45) is 0 Å². The standard InChI is InChI=1S/C16H18ClFN2O3/c1-9-3-4-10(17)11(13(9)18)12-14(23-2)16(19-15(12)21)5-7-20(22)8-6-16/h3-4,22H,5-8H2,1-2H3,(H,19,21). The molecule has 1 spiro atoms. The summed E-state index contributed by atoms with van der Waals surface area (Å²) in [7, 11) is 1.46. The van der Waals surface area contributed by atoms with Crippen LogP contribution in [0.1, 0.15) is 24.0 Å². The van der Waals surface area contributed by atoms with E-state index in [9.17, 15) is 14.4 Å². The molecule has 3 rings (SSSR count). The predicted molar refractivity (Wildman–Crippen MR) is 83.5 cm³/mol. The second-order valence-corrected chi connectivity index (χ2v) is 6.36. The zero-order valence-corrected chi connectivity index (χ0v) is 13.7. The molecule has 0 aromatic heterocycles. The van der Waals surface area contributed by atoms with Gasteiger partial charge in [-0.15, -0.1) is 0 Å². The van der Waals surface area contributed by atoms with E-state index in [0.29, 0.717) is 37.3 Å². The van der Waals surface area contributed by atoms with Gasteiger partial charge in [0.05, 0.1) is 17.7 Å². The second kappa shape index (κ2) is 5.78. The molecule has 7 heteroatoms. The van der Waals surface area contributed by atoms with E-state index in [1.165, 1.54) is 12.2 Å². The van der Waals surface area contributed by atoms with Gasteiger partial charge in [0.1, 0.15) is 17.1 Å². The highest BCUT2D eigenvalue weighted by molar-refractivity contribution is 6.35. The average molecular weight is 341 g/mol. The van der Waals surface area contributed by atoms with Gasteiger partial charge in [0, 0.05) is 18.7 Å². The number of carbonyl (C=O) groups excluding carboxylic acids is 1. The van der Waals surface area contributed by atoms with Crippen LogP contribution in [0, 0.1) is 12.7 Å². The summed E-state index contributed by atoms with van der Waals surface area (Å²) in [4.78, 5) is 12.6. The third kappa shape index (κ3) is 2.51. The molecule has 1 saturated heterocycles. The van der Waals surface area contributed by atoms with Crippen molar-refractivity contribution in [3.05, 3.63) is 39.9 Å². The second-order valence-electron chi connectivity index (χ2n) is 5.95. The van der Waals surface area contributed by atoms with Crippen LogP contribution in [0.4, 0.5) is 4.39 Å². The van der Waals surface area contributed by atoms with E-state index in [1.807, 2.05) is 0 Å². The number of hydroxylamine groups is 2. The molecule has 5 nitrogen and oxygen atoms in total. The van der Waals surface area contributed by atoms with Gasteiger partial charge in [-0.05, 0) is 31.4 Å². The molecule has 1 aromatic rings. The first-order valence-electron chi connectivity index (χ1n) is 7.39. The molecule has 23 heavy (non-hydrogen) atoms. The zero-order valence-electron chi connectivity index (χ0n) is 12.9. The van der Waals surface area contributed by atoms with E-state index >= 15 is 0 Å². The summed E-state index contributed by atoms with van der Waals surface area (Å²) in [6.07, 6.45) is 0.958. The molecule has 2 heterocycles. The van der Waals surface area contributed by atoms with E-state index in [0.717, 1.165) is 0 Å². The Morgan fingerprint density at radius 3 is 2.65 bits per heavy atom. The van der Waals surface area contributed by atoms with Gasteiger partial charge in [0.15, 0.2) is 0 Å². The van der Waals surface area contributed by atoms with E-state index in [-0.39, 0.29) is 16.2 Å². The Bertz CT molecular complexity index is 697. The summed E-state index contributed by atoms with van der Waals surface area (Å²) >= 11 is 6.16. The van der Waals surface area contributed by atoms with Crippen molar-refractivity contribution in [2.75, 3.05) is 20.2 Å². The van der Waals surface area contributed by atoms with Crippen molar-refractivity contribution in [1.29, 1.82) is 0 Å². The number of hydrogen-bond acceptors (Lipinski definition) is 4. The number of piperidine rings is 1. The third-order valence-corrected chi connectivity index (χ3v) is 4.89. The smallest absolute Gasteiger partial charge is 0.256 e. The van der Waals surface area contributed by atoms with Crippen molar-refractivity contribution in [1.82, 2.24) is 10.4 Å². The highest BCUT2D eigenvalue weighted by Crippen LogP contribution is 2.42. The fourth-order valence-electron chi connectivity index (χ4n) is 3.32. The zero-order chi connectivity index (χ0) is 16.8. The maximum absolute atomic E-state index is 14.6. The largest absolute Gasteiger partial charge is 0.498 e. The van der Waals surface area contributed by atoms with Crippen molar-refractivity contribution < 1.29 is 19.1 Å². The Labute approximate surface area is 138 Å². The summed E-state index contributed by atoms with van der Waals surface area (Å²) in [6, 6.07) is 3.14. The lowest BCUT2D eigenvalue weighted by Crippen LogP contribution is -2.52. The molecule has 1 fully saturated rings. The first kappa shape index (κ1) is 16.2. The van der Waals surface area contributed by atoms with Crippen molar-refractivity contribution in [2.45, 2.75) is 25.3 Å². The molecule has 0 saturated carbocycles. The van der Waals surface area contributed by atoms with Gasteiger partial charge in [0.2, 0.25) is 0 Å². The number of rotatable bonds is 2. The van der Waals surface area contributed by atoms with Crippen LogP contribution in [0.15, 0.2) is 17.9 Å². The van der Waals surface area contributed by atoms with Crippen molar-refractivity contribution >= 4 is 23.1 Å². The SMILES string of the molecule is COC1=C(c2c(Cl)ccc(C)c2F)C(=O)NC12CCN(O)CC2. The number of hydrogen-bond donors (Lipinski definition) is 2. The van der Waals surface area contributed by atoms with Gasteiger partial charge in [-0.1, -0.05) is 17.7 Å². The first-order chi connectivity index (χ1) is 10.9. The van der Waals surface area contributed by atoms with E-state index in [4.69, 9.17) is 16.3 Å². The Morgan fingerprint density at radius 1 is 1.39 bits per heavy atom. The summed E-state index contributed by atoms with van der Waals surface area (Å²) in [5.41, 5.74) is -0.0967. The monoisotopic (exact) mass is 340 g/mol. The van der Waals surface area contributed by atoms with Gasteiger partial charge < -0.3 is 15.3 Å². The number of aryl methyl sites for hydroxylation is 1. The van der Waals surface area contributed by atoms with Gasteiger partial charge >= 0.3 is 0 Å². The number of nitrogens with zero attached hydrogens (tertiary/aromatic N) is 1. The van der Waals surface area contributed by atoms with Crippen LogP contribution in [0.5, 0.6) is 0 Å². The van der Waals surface area contributed by atoms with Crippen LogP contribution in [-0.2, 0) is 9.53 Å². The quantitative estimate of drug-likeness (QED) is 0.868. The highest BCUT2D eigenvalue weighted by Gasteiger charge is 2.49. The van der Waals surface area contributed by atoms with E-state index in [1.54, 1.807) is 19.1 Å². The van der Waals surface area contributed by atoms with Gasteiger partial charge in [-0.25, -0.2) is 4.39 Å². The average Bonchev–Trinajstić information content (AvgIpc) is 2.79. The molecule has 0 atom stereocenters. The summed E-state index contributed by atoms with van der Waals surface area (Å²) in [5, 5.41) is 13.8. The van der Waals surface area contributed by atoms with Crippen molar-refractivity contribution in [3.8, 4) is 0 Å². The van der Waals surface area contributed by atoms with Crippen LogP contribution in [-0.4, -0.2) is 41.9 Å². The van der Waals surface area contributed by atoms with Crippen LogP contribution >= 0.6 is 11.6 Å². The maximum Gasteiger partial charge on any atom is 0.256 e. The van der Waals surface area contributed by atoms with Gasteiger partial charge in [0.25, 0.3) is 5.91 Å². The molecule has 0 bridgehead atoms. The van der Waals surface area contributed by atoms with Gasteiger partial charge in [-0.3, -0.25) is 4.79 Å². The predicted octanol–water partition coefficient (Wildman–Crippen LogP) is 2.50. The van der Waals surface area contributed by atoms with E-state index in [2.05, 4.69) is 5.32 Å². The summed E-state index contributed by atoms with van der Waals surface area (Å²) in [5.74, 6) is -0.532. The number of amides is 1. The molecular weight excluding hydrogens is 323 g/mol. The number of nitrogens with one attached hydrogen (secondary N) is 1. The fourth-order valence-corrected chi connectivity index (χ4v) is 3.56. The number of halogens is 2. The molecule has 2 aliphatic rings. The number of benzene rings is 1. The van der Waals surface area contributed by atoms with Crippen LogP contribution in [0.3, 0.4) is 0 Å². The minimum Gasteiger partial charge on any atom is -0.498 e. The van der Waals surface area contributed by atoms with Crippen molar-refractivity contribution in [3.63, 3.8) is 0 Å². The maximum atomic E-state index is 14.6. The molecule has 1 amide bonds. The van der Waals surface area contributed by atoms with Gasteiger partial charge in [-0.2, -0.15) is 5.06 Å². The molecule has 124 valence electrons. The third-order valence-electron chi connectivity index (χ3n) is 4.57.